The lowest BCUT2D eigenvalue weighted by atomic mass is 10.3. The molecule has 3 rings (SSSR count). The predicted octanol–water partition coefficient (Wildman–Crippen LogP) is 6.34. The Morgan fingerprint density at radius 1 is 1.10 bits per heavy atom. The minimum Gasteiger partial charge on any atom is -0.437 e. The fourth-order valence-electron chi connectivity index (χ4n) is 2.37. The number of nitrogens with zero attached hydrogens (tertiary/aromatic N) is 3. The number of hydrogen-bond acceptors (Lipinski definition) is 7. The van der Waals surface area contributed by atoms with Crippen molar-refractivity contribution in [2.75, 3.05) is 17.2 Å². The summed E-state index contributed by atoms with van der Waals surface area (Å²) in [4.78, 5) is 7.36. The number of nitrogens with one attached hydrogen (secondary N) is 3. The van der Waals surface area contributed by atoms with Crippen LogP contribution >= 0.6 is 11.6 Å². The Balaban J connectivity index is 1.62. The molecule has 0 aliphatic carbocycles. The average Bonchev–Trinajstić information content (AvgIpc) is 2.76. The van der Waals surface area contributed by atoms with Gasteiger partial charge in [0.15, 0.2) is 0 Å². The van der Waals surface area contributed by atoms with Crippen LogP contribution in [0.1, 0.15) is 5.69 Å². The Hall–Kier alpha value is -3.66. The van der Waals surface area contributed by atoms with E-state index in [1.165, 1.54) is 12.3 Å². The number of benzene rings is 1. The number of hydrogen-bond donors (Lipinski definition) is 3. The van der Waals surface area contributed by atoms with Crippen LogP contribution in [-0.2, 0) is 6.18 Å². The van der Waals surface area contributed by atoms with Crippen LogP contribution in [0, 0.1) is 5.53 Å². The molecule has 31 heavy (non-hydrogen) atoms. The van der Waals surface area contributed by atoms with E-state index in [4.69, 9.17) is 21.9 Å². The SMILES string of the molecule is N=N/C(=C\Nc1ccc(Oc2ccccn2)c(Cl)c1)CNc1ccnc(C(F)(F)F)c1. The first-order chi connectivity index (χ1) is 14.8. The Morgan fingerprint density at radius 2 is 1.94 bits per heavy atom. The molecule has 11 heteroatoms. The summed E-state index contributed by atoms with van der Waals surface area (Å²) in [7, 11) is 0. The zero-order valence-electron chi connectivity index (χ0n) is 15.8. The van der Waals surface area contributed by atoms with E-state index in [0.717, 1.165) is 12.3 Å². The Bertz CT molecular complexity index is 1080. The van der Waals surface area contributed by atoms with E-state index in [-0.39, 0.29) is 17.9 Å². The lowest BCUT2D eigenvalue weighted by molar-refractivity contribution is -0.141. The quantitative estimate of drug-likeness (QED) is 0.349. The van der Waals surface area contributed by atoms with Crippen LogP contribution in [0.2, 0.25) is 5.02 Å². The highest BCUT2D eigenvalue weighted by Crippen LogP contribution is 2.31. The molecule has 3 N–H and O–H groups in total. The zero-order valence-corrected chi connectivity index (χ0v) is 16.6. The van der Waals surface area contributed by atoms with E-state index >= 15 is 0 Å². The van der Waals surface area contributed by atoms with Crippen molar-refractivity contribution in [1.82, 2.24) is 9.97 Å². The van der Waals surface area contributed by atoms with Crippen molar-refractivity contribution in [1.29, 1.82) is 5.53 Å². The molecule has 2 heterocycles. The van der Waals surface area contributed by atoms with Crippen molar-refractivity contribution in [2.45, 2.75) is 6.18 Å². The first-order valence-corrected chi connectivity index (χ1v) is 9.21. The van der Waals surface area contributed by atoms with Gasteiger partial charge in [0.1, 0.15) is 11.4 Å². The summed E-state index contributed by atoms with van der Waals surface area (Å²) in [6.45, 7) is 0.0203. The fraction of sp³-hybridized carbons (Fsp3) is 0.100. The van der Waals surface area contributed by atoms with Gasteiger partial charge in [0.25, 0.3) is 0 Å². The zero-order chi connectivity index (χ0) is 22.3. The summed E-state index contributed by atoms with van der Waals surface area (Å²) in [5.41, 5.74) is 7.31. The third-order valence-electron chi connectivity index (χ3n) is 3.86. The first kappa shape index (κ1) is 22.0. The maximum atomic E-state index is 12.7. The first-order valence-electron chi connectivity index (χ1n) is 8.84. The number of aromatic nitrogens is 2. The summed E-state index contributed by atoms with van der Waals surface area (Å²) in [5.74, 6) is 0.816. The second-order valence-electron chi connectivity index (χ2n) is 6.09. The minimum absolute atomic E-state index is 0.0203. The largest absolute Gasteiger partial charge is 0.437 e. The lowest BCUT2D eigenvalue weighted by Crippen LogP contribution is -2.10. The smallest absolute Gasteiger partial charge is 0.433 e. The molecular weight excluding hydrogens is 433 g/mol. The Labute approximate surface area is 180 Å². The van der Waals surface area contributed by atoms with Gasteiger partial charge in [0, 0.05) is 36.0 Å². The van der Waals surface area contributed by atoms with Crippen LogP contribution in [0.3, 0.4) is 0 Å². The van der Waals surface area contributed by atoms with Crippen LogP contribution in [0.4, 0.5) is 24.5 Å². The molecule has 0 fully saturated rings. The van der Waals surface area contributed by atoms with Crippen LogP contribution in [0.25, 0.3) is 0 Å². The van der Waals surface area contributed by atoms with Crippen molar-refractivity contribution in [3.63, 3.8) is 0 Å². The topological polar surface area (TPSA) is 95.3 Å². The number of anilines is 2. The second-order valence-corrected chi connectivity index (χ2v) is 6.50. The molecule has 0 bridgehead atoms. The van der Waals surface area contributed by atoms with Crippen molar-refractivity contribution in [3.05, 3.63) is 83.5 Å². The molecule has 0 radical (unpaired) electrons. The van der Waals surface area contributed by atoms with Gasteiger partial charge in [-0.3, -0.25) is 4.98 Å². The molecule has 0 saturated carbocycles. The molecule has 0 aliphatic heterocycles. The molecule has 0 amide bonds. The van der Waals surface area contributed by atoms with Gasteiger partial charge in [0.05, 0.1) is 17.3 Å². The van der Waals surface area contributed by atoms with Crippen molar-refractivity contribution in [3.8, 4) is 11.6 Å². The van der Waals surface area contributed by atoms with Crippen molar-refractivity contribution < 1.29 is 17.9 Å². The van der Waals surface area contributed by atoms with E-state index in [2.05, 4.69) is 25.7 Å². The molecule has 1 aromatic carbocycles. The van der Waals surface area contributed by atoms with Crippen LogP contribution in [0.15, 0.2) is 77.9 Å². The van der Waals surface area contributed by atoms with Gasteiger partial charge in [-0.25, -0.2) is 10.5 Å². The number of alkyl halides is 3. The third kappa shape index (κ3) is 6.41. The van der Waals surface area contributed by atoms with Gasteiger partial charge in [-0.05, 0) is 36.4 Å². The fourth-order valence-corrected chi connectivity index (χ4v) is 2.59. The van der Waals surface area contributed by atoms with Crippen LogP contribution in [-0.4, -0.2) is 16.5 Å². The summed E-state index contributed by atoms with van der Waals surface area (Å²) in [5, 5.41) is 9.42. The second kappa shape index (κ2) is 9.90. The van der Waals surface area contributed by atoms with Crippen LogP contribution < -0.4 is 15.4 Å². The molecule has 0 atom stereocenters. The molecule has 0 unspecified atom stereocenters. The molecule has 0 spiro atoms. The number of rotatable bonds is 8. The average molecular weight is 449 g/mol. The standard InChI is InChI=1S/C20H16ClF3N6O/c21-16-9-13(4-5-17(16)31-19-3-1-2-7-27-19)28-11-15(30-25)12-29-14-6-8-26-18(10-14)20(22,23)24/h1-11,25,28H,12H2,(H,26,29)/b15-11-,30-25?. The Morgan fingerprint density at radius 3 is 2.61 bits per heavy atom. The molecule has 0 aliphatic rings. The number of ether oxygens (including phenoxy) is 1. The van der Waals surface area contributed by atoms with E-state index in [1.807, 2.05) is 0 Å². The highest BCUT2D eigenvalue weighted by atomic mass is 35.5. The number of pyridine rings is 2. The molecular formula is C20H16ClF3N6O. The van der Waals surface area contributed by atoms with Gasteiger partial charge in [-0.1, -0.05) is 17.7 Å². The summed E-state index contributed by atoms with van der Waals surface area (Å²) in [6.07, 6.45) is -0.443. The van der Waals surface area contributed by atoms with Crippen molar-refractivity contribution >= 4 is 23.0 Å². The molecule has 2 aromatic heterocycles. The highest BCUT2D eigenvalue weighted by Gasteiger charge is 2.32. The Kier molecular flexibility index (Phi) is 7.03. The molecule has 0 saturated heterocycles. The monoisotopic (exact) mass is 448 g/mol. The summed E-state index contributed by atoms with van der Waals surface area (Å²) < 4.78 is 43.8. The van der Waals surface area contributed by atoms with E-state index in [1.54, 1.807) is 42.6 Å². The van der Waals surface area contributed by atoms with Gasteiger partial charge >= 0.3 is 6.18 Å². The van der Waals surface area contributed by atoms with Gasteiger partial charge < -0.3 is 15.4 Å². The van der Waals surface area contributed by atoms with E-state index < -0.39 is 11.9 Å². The maximum Gasteiger partial charge on any atom is 0.433 e. The minimum atomic E-state index is -4.54. The summed E-state index contributed by atoms with van der Waals surface area (Å²) >= 11 is 6.24. The summed E-state index contributed by atoms with van der Waals surface area (Å²) in [6, 6.07) is 12.5. The predicted molar refractivity (Wildman–Crippen MR) is 110 cm³/mol. The van der Waals surface area contributed by atoms with E-state index in [0.29, 0.717) is 22.3 Å². The van der Waals surface area contributed by atoms with Gasteiger partial charge in [-0.2, -0.15) is 18.3 Å². The van der Waals surface area contributed by atoms with Crippen molar-refractivity contribution in [2.24, 2.45) is 5.11 Å². The lowest BCUT2D eigenvalue weighted by Gasteiger charge is -2.10. The molecule has 3 aromatic rings. The normalized spacial score (nSPS) is 11.7. The van der Waals surface area contributed by atoms with Gasteiger partial charge in [0.2, 0.25) is 5.88 Å². The van der Waals surface area contributed by atoms with Gasteiger partial charge in [-0.15, -0.1) is 0 Å². The van der Waals surface area contributed by atoms with E-state index in [9.17, 15) is 13.2 Å². The maximum absolute atomic E-state index is 12.7. The molecule has 7 nitrogen and oxygen atoms in total. The van der Waals surface area contributed by atoms with Crippen LogP contribution in [0.5, 0.6) is 11.6 Å². The molecule has 160 valence electrons. The number of halogens is 4. The third-order valence-corrected chi connectivity index (χ3v) is 4.15. The highest BCUT2D eigenvalue weighted by molar-refractivity contribution is 6.32.